The van der Waals surface area contributed by atoms with E-state index in [1.807, 2.05) is 32.0 Å². The summed E-state index contributed by atoms with van der Waals surface area (Å²) in [4.78, 5) is 10.9. The molecule has 1 N–H and O–H groups in total. The average molecular weight is 250 g/mol. The van der Waals surface area contributed by atoms with E-state index in [-0.39, 0.29) is 0 Å². The predicted octanol–water partition coefficient (Wildman–Crippen LogP) is 1.69. The van der Waals surface area contributed by atoms with Gasteiger partial charge >= 0.3 is 0 Å². The van der Waals surface area contributed by atoms with Crippen molar-refractivity contribution in [2.45, 2.75) is 19.8 Å². The van der Waals surface area contributed by atoms with Crippen molar-refractivity contribution < 1.29 is 4.74 Å². The van der Waals surface area contributed by atoms with Crippen LogP contribution in [0.5, 0.6) is 0 Å². The molecular weight excluding hydrogens is 228 g/mol. The summed E-state index contributed by atoms with van der Waals surface area (Å²) in [5.41, 5.74) is 0.989. The van der Waals surface area contributed by atoms with E-state index in [2.05, 4.69) is 15.3 Å². The highest BCUT2D eigenvalue weighted by atomic mass is 16.5. The lowest BCUT2D eigenvalue weighted by molar-refractivity contribution is 0.0699. The van der Waals surface area contributed by atoms with Crippen LogP contribution in [-0.4, -0.2) is 43.8 Å². The first-order chi connectivity index (χ1) is 8.65. The maximum absolute atomic E-state index is 5.36. The zero-order valence-corrected chi connectivity index (χ0v) is 11.4. The van der Waals surface area contributed by atoms with Crippen LogP contribution in [0.4, 0.5) is 11.8 Å². The van der Waals surface area contributed by atoms with Crippen LogP contribution in [0.15, 0.2) is 6.07 Å². The summed E-state index contributed by atoms with van der Waals surface area (Å²) in [6.07, 6.45) is 2.25. The van der Waals surface area contributed by atoms with Crippen molar-refractivity contribution in [3.8, 4) is 0 Å². The summed E-state index contributed by atoms with van der Waals surface area (Å²) in [6.45, 7) is 4.68. The van der Waals surface area contributed by atoms with Gasteiger partial charge in [0.15, 0.2) is 0 Å². The average Bonchev–Trinajstić information content (AvgIpc) is 2.37. The van der Waals surface area contributed by atoms with Crippen molar-refractivity contribution in [3.05, 3.63) is 11.8 Å². The van der Waals surface area contributed by atoms with E-state index in [0.29, 0.717) is 5.92 Å². The quantitative estimate of drug-likeness (QED) is 0.881. The molecule has 1 saturated heterocycles. The minimum Gasteiger partial charge on any atom is -0.381 e. The van der Waals surface area contributed by atoms with Gasteiger partial charge in [-0.1, -0.05) is 0 Å². The minimum absolute atomic E-state index is 0.672. The highest BCUT2D eigenvalue weighted by Gasteiger charge is 2.14. The Morgan fingerprint density at radius 3 is 2.72 bits per heavy atom. The molecule has 1 aliphatic heterocycles. The molecule has 1 aromatic rings. The highest BCUT2D eigenvalue weighted by Crippen LogP contribution is 2.16. The van der Waals surface area contributed by atoms with E-state index < -0.39 is 0 Å². The van der Waals surface area contributed by atoms with Crippen LogP contribution in [0.25, 0.3) is 0 Å². The van der Waals surface area contributed by atoms with Crippen molar-refractivity contribution in [3.63, 3.8) is 0 Å². The normalized spacial score (nSPS) is 16.6. The Morgan fingerprint density at radius 2 is 2.06 bits per heavy atom. The number of ether oxygens (including phenoxy) is 1. The molecule has 0 atom stereocenters. The molecule has 18 heavy (non-hydrogen) atoms. The maximum atomic E-state index is 5.36. The van der Waals surface area contributed by atoms with Gasteiger partial charge in [0, 0.05) is 45.6 Å². The fraction of sp³-hybridized carbons (Fsp3) is 0.692. The molecule has 5 heteroatoms. The Morgan fingerprint density at radius 1 is 1.33 bits per heavy atom. The van der Waals surface area contributed by atoms with Crippen molar-refractivity contribution in [1.29, 1.82) is 0 Å². The smallest absolute Gasteiger partial charge is 0.224 e. The second-order valence-corrected chi connectivity index (χ2v) is 5.02. The van der Waals surface area contributed by atoms with E-state index in [9.17, 15) is 0 Å². The highest BCUT2D eigenvalue weighted by molar-refractivity contribution is 5.43. The second-order valence-electron chi connectivity index (χ2n) is 5.02. The number of aryl methyl sites for hydroxylation is 1. The zero-order valence-electron chi connectivity index (χ0n) is 11.4. The SMILES string of the molecule is Cc1cc(N(C)C)nc(NCC2CCOCC2)n1. The Balaban J connectivity index is 1.95. The molecule has 0 spiro atoms. The van der Waals surface area contributed by atoms with Gasteiger partial charge in [-0.3, -0.25) is 0 Å². The molecule has 0 amide bonds. The first-order valence-corrected chi connectivity index (χ1v) is 6.50. The molecule has 0 unspecified atom stereocenters. The first kappa shape index (κ1) is 13.1. The molecule has 0 bridgehead atoms. The molecule has 100 valence electrons. The summed E-state index contributed by atoms with van der Waals surface area (Å²) >= 11 is 0. The molecular formula is C13H22N4O. The van der Waals surface area contributed by atoms with Crippen LogP contribution in [-0.2, 0) is 4.74 Å². The van der Waals surface area contributed by atoms with Gasteiger partial charge < -0.3 is 15.0 Å². The number of hydrogen-bond acceptors (Lipinski definition) is 5. The summed E-state index contributed by atoms with van der Waals surface area (Å²) in [5, 5.41) is 3.35. The van der Waals surface area contributed by atoms with Crippen LogP contribution >= 0.6 is 0 Å². The number of hydrogen-bond donors (Lipinski definition) is 1. The summed E-state index contributed by atoms with van der Waals surface area (Å²) in [7, 11) is 3.98. The summed E-state index contributed by atoms with van der Waals surface area (Å²) in [5.74, 6) is 2.34. The van der Waals surface area contributed by atoms with Gasteiger partial charge in [0.25, 0.3) is 0 Å². The first-order valence-electron chi connectivity index (χ1n) is 6.50. The van der Waals surface area contributed by atoms with Crippen molar-refractivity contribution in [1.82, 2.24) is 9.97 Å². The largest absolute Gasteiger partial charge is 0.381 e. The number of aromatic nitrogens is 2. The predicted molar refractivity (Wildman–Crippen MR) is 73.1 cm³/mol. The third-order valence-electron chi connectivity index (χ3n) is 3.19. The molecule has 2 heterocycles. The molecule has 1 fully saturated rings. The molecule has 5 nitrogen and oxygen atoms in total. The van der Waals surface area contributed by atoms with Crippen molar-refractivity contribution >= 4 is 11.8 Å². The van der Waals surface area contributed by atoms with Crippen LogP contribution in [0.1, 0.15) is 18.5 Å². The Kier molecular flexibility index (Phi) is 4.36. The topological polar surface area (TPSA) is 50.3 Å². The molecule has 0 aromatic carbocycles. The van der Waals surface area contributed by atoms with Crippen LogP contribution in [0, 0.1) is 12.8 Å². The fourth-order valence-electron chi connectivity index (χ4n) is 2.05. The van der Waals surface area contributed by atoms with E-state index in [4.69, 9.17) is 4.74 Å². The lowest BCUT2D eigenvalue weighted by atomic mass is 10.0. The fourth-order valence-corrected chi connectivity index (χ4v) is 2.05. The maximum Gasteiger partial charge on any atom is 0.224 e. The number of anilines is 2. The van der Waals surface area contributed by atoms with Gasteiger partial charge in [-0.05, 0) is 25.7 Å². The number of rotatable bonds is 4. The van der Waals surface area contributed by atoms with Gasteiger partial charge in [0.1, 0.15) is 5.82 Å². The third kappa shape index (κ3) is 3.57. The lowest BCUT2D eigenvalue weighted by Gasteiger charge is -2.22. The van der Waals surface area contributed by atoms with Gasteiger partial charge in [0.2, 0.25) is 5.95 Å². The second kappa shape index (κ2) is 6.00. The Labute approximate surface area is 109 Å². The molecule has 0 aliphatic carbocycles. The minimum atomic E-state index is 0.672. The van der Waals surface area contributed by atoms with E-state index in [0.717, 1.165) is 50.1 Å². The third-order valence-corrected chi connectivity index (χ3v) is 3.19. The Hall–Kier alpha value is -1.36. The zero-order chi connectivity index (χ0) is 13.0. The van der Waals surface area contributed by atoms with Gasteiger partial charge in [-0.15, -0.1) is 0 Å². The van der Waals surface area contributed by atoms with E-state index >= 15 is 0 Å². The number of nitrogens with one attached hydrogen (secondary N) is 1. The summed E-state index contributed by atoms with van der Waals surface area (Å²) < 4.78 is 5.36. The standard InChI is InChI=1S/C13H22N4O/c1-10-8-12(17(2)3)16-13(15-10)14-9-11-4-6-18-7-5-11/h8,11H,4-7,9H2,1-3H3,(H,14,15,16). The van der Waals surface area contributed by atoms with Crippen LogP contribution in [0.2, 0.25) is 0 Å². The number of nitrogens with zero attached hydrogens (tertiary/aromatic N) is 3. The lowest BCUT2D eigenvalue weighted by Crippen LogP contribution is -2.23. The Bertz CT molecular complexity index is 389. The summed E-state index contributed by atoms with van der Waals surface area (Å²) in [6, 6.07) is 1.99. The van der Waals surface area contributed by atoms with Gasteiger partial charge in [-0.2, -0.15) is 4.98 Å². The molecule has 0 radical (unpaired) electrons. The van der Waals surface area contributed by atoms with Crippen molar-refractivity contribution in [2.24, 2.45) is 5.92 Å². The van der Waals surface area contributed by atoms with E-state index in [1.165, 1.54) is 0 Å². The van der Waals surface area contributed by atoms with E-state index in [1.54, 1.807) is 0 Å². The molecule has 1 aliphatic rings. The van der Waals surface area contributed by atoms with Gasteiger partial charge in [0.05, 0.1) is 0 Å². The monoisotopic (exact) mass is 250 g/mol. The van der Waals surface area contributed by atoms with Crippen molar-refractivity contribution in [2.75, 3.05) is 44.1 Å². The van der Waals surface area contributed by atoms with Crippen LogP contribution < -0.4 is 10.2 Å². The van der Waals surface area contributed by atoms with Crippen LogP contribution in [0.3, 0.4) is 0 Å². The van der Waals surface area contributed by atoms with Gasteiger partial charge in [-0.25, -0.2) is 4.98 Å². The molecule has 1 aromatic heterocycles. The molecule has 2 rings (SSSR count). The molecule has 0 saturated carbocycles.